The number of para-hydroxylation sites is 1. The molecule has 2 rings (SSSR count). The van der Waals surface area contributed by atoms with E-state index in [0.29, 0.717) is 6.10 Å². The molecule has 1 heteroatoms. The van der Waals surface area contributed by atoms with Crippen LogP contribution in [-0.2, 0) is 6.42 Å². The van der Waals surface area contributed by atoms with Crippen molar-refractivity contribution >= 4 is 0 Å². The molecule has 1 unspecified atom stereocenters. The third kappa shape index (κ3) is 1.85. The molecule has 1 aromatic carbocycles. The number of hydrogen-bond acceptors (Lipinski definition) is 1. The lowest BCUT2D eigenvalue weighted by Crippen LogP contribution is -2.22. The lowest BCUT2D eigenvalue weighted by atomic mass is 10.00. The number of aryl methyl sites for hydroxylation is 1. The number of benzene rings is 1. The topological polar surface area (TPSA) is 9.23 Å². The minimum absolute atomic E-state index is 0.458. The molecule has 0 saturated carbocycles. The number of rotatable bonds is 2. The van der Waals surface area contributed by atoms with Crippen LogP contribution in [0.2, 0.25) is 0 Å². The van der Waals surface area contributed by atoms with Crippen LogP contribution in [-0.4, -0.2) is 6.10 Å². The van der Waals surface area contributed by atoms with E-state index < -0.39 is 0 Å². The molecule has 0 aromatic heterocycles. The van der Waals surface area contributed by atoms with E-state index in [9.17, 15) is 0 Å². The molecule has 70 valence electrons. The van der Waals surface area contributed by atoms with Crippen LogP contribution < -0.4 is 4.74 Å². The molecule has 1 heterocycles. The summed E-state index contributed by atoms with van der Waals surface area (Å²) in [5.74, 6) is 1.10. The van der Waals surface area contributed by atoms with Gasteiger partial charge in [0.2, 0.25) is 0 Å². The van der Waals surface area contributed by atoms with Crippen LogP contribution in [0.25, 0.3) is 0 Å². The van der Waals surface area contributed by atoms with Crippen molar-refractivity contribution in [2.24, 2.45) is 0 Å². The molecule has 0 fully saturated rings. The average Bonchev–Trinajstić information content (AvgIpc) is 2.18. The predicted octanol–water partition coefficient (Wildman–Crippen LogP) is 3.18. The standard InChI is InChI=1S/C12H16O/c1-2-5-11-9-8-10-6-3-4-7-12(10)13-11/h3-4,6-7,11H,2,5,8-9H2,1H3. The highest BCUT2D eigenvalue weighted by molar-refractivity contribution is 5.34. The second-order valence-corrected chi connectivity index (χ2v) is 3.67. The van der Waals surface area contributed by atoms with Crippen LogP contribution >= 0.6 is 0 Å². The summed E-state index contributed by atoms with van der Waals surface area (Å²) in [6.45, 7) is 2.21. The summed E-state index contributed by atoms with van der Waals surface area (Å²) in [7, 11) is 0. The SMILES string of the molecule is CCCC1CCc2ccccc2O1. The Kier molecular flexibility index (Phi) is 2.53. The fraction of sp³-hybridized carbons (Fsp3) is 0.500. The largest absolute Gasteiger partial charge is 0.490 e. The molecule has 0 spiro atoms. The van der Waals surface area contributed by atoms with E-state index in [1.807, 2.05) is 6.07 Å². The van der Waals surface area contributed by atoms with Gasteiger partial charge >= 0.3 is 0 Å². The second kappa shape index (κ2) is 3.82. The van der Waals surface area contributed by atoms with E-state index in [1.54, 1.807) is 0 Å². The first-order valence-electron chi connectivity index (χ1n) is 5.14. The second-order valence-electron chi connectivity index (χ2n) is 3.67. The Morgan fingerprint density at radius 1 is 1.38 bits per heavy atom. The minimum Gasteiger partial charge on any atom is -0.490 e. The fourth-order valence-electron chi connectivity index (χ4n) is 1.91. The quantitative estimate of drug-likeness (QED) is 0.672. The van der Waals surface area contributed by atoms with Crippen molar-refractivity contribution in [1.29, 1.82) is 0 Å². The molecule has 1 aliphatic heterocycles. The third-order valence-electron chi connectivity index (χ3n) is 2.61. The molecule has 0 saturated heterocycles. The zero-order valence-corrected chi connectivity index (χ0v) is 8.12. The minimum atomic E-state index is 0.458. The van der Waals surface area contributed by atoms with Crippen LogP contribution in [0.4, 0.5) is 0 Å². The molecule has 1 aliphatic rings. The fourth-order valence-corrected chi connectivity index (χ4v) is 1.91. The molecule has 13 heavy (non-hydrogen) atoms. The van der Waals surface area contributed by atoms with Gasteiger partial charge in [0.05, 0.1) is 6.10 Å². The van der Waals surface area contributed by atoms with Gasteiger partial charge in [0.25, 0.3) is 0 Å². The van der Waals surface area contributed by atoms with Gasteiger partial charge in [-0.25, -0.2) is 0 Å². The van der Waals surface area contributed by atoms with Gasteiger partial charge < -0.3 is 4.74 Å². The summed E-state index contributed by atoms with van der Waals surface area (Å²) in [5, 5.41) is 0. The average molecular weight is 176 g/mol. The van der Waals surface area contributed by atoms with Crippen LogP contribution in [0.5, 0.6) is 5.75 Å². The van der Waals surface area contributed by atoms with Crippen LogP contribution in [0.15, 0.2) is 24.3 Å². The van der Waals surface area contributed by atoms with Crippen molar-refractivity contribution in [3.05, 3.63) is 29.8 Å². The van der Waals surface area contributed by atoms with E-state index in [1.165, 1.54) is 31.2 Å². The van der Waals surface area contributed by atoms with Crippen molar-refractivity contribution in [3.63, 3.8) is 0 Å². The Morgan fingerprint density at radius 3 is 3.08 bits per heavy atom. The lowest BCUT2D eigenvalue weighted by Gasteiger charge is -2.25. The molecule has 0 radical (unpaired) electrons. The smallest absolute Gasteiger partial charge is 0.122 e. The van der Waals surface area contributed by atoms with Crippen molar-refractivity contribution in [3.8, 4) is 5.75 Å². The number of ether oxygens (including phenoxy) is 1. The summed E-state index contributed by atoms with van der Waals surface area (Å²) in [4.78, 5) is 0. The summed E-state index contributed by atoms with van der Waals surface area (Å²) >= 11 is 0. The number of hydrogen-bond donors (Lipinski definition) is 0. The van der Waals surface area contributed by atoms with E-state index >= 15 is 0 Å². The van der Waals surface area contributed by atoms with Gasteiger partial charge in [-0.3, -0.25) is 0 Å². The van der Waals surface area contributed by atoms with Crippen LogP contribution in [0.3, 0.4) is 0 Å². The van der Waals surface area contributed by atoms with Gasteiger partial charge in [0, 0.05) is 0 Å². The highest BCUT2D eigenvalue weighted by Gasteiger charge is 2.17. The van der Waals surface area contributed by atoms with Gasteiger partial charge in [-0.15, -0.1) is 0 Å². The number of fused-ring (bicyclic) bond motifs is 1. The highest BCUT2D eigenvalue weighted by atomic mass is 16.5. The highest BCUT2D eigenvalue weighted by Crippen LogP contribution is 2.28. The van der Waals surface area contributed by atoms with Crippen molar-refractivity contribution in [2.75, 3.05) is 0 Å². The van der Waals surface area contributed by atoms with Gasteiger partial charge in [0.1, 0.15) is 5.75 Å². The molecule has 1 nitrogen and oxygen atoms in total. The molecular weight excluding hydrogens is 160 g/mol. The van der Waals surface area contributed by atoms with E-state index in [4.69, 9.17) is 4.74 Å². The molecule has 1 aromatic rings. The van der Waals surface area contributed by atoms with E-state index in [0.717, 1.165) is 5.75 Å². The van der Waals surface area contributed by atoms with Gasteiger partial charge in [-0.1, -0.05) is 31.5 Å². The zero-order chi connectivity index (χ0) is 9.10. The van der Waals surface area contributed by atoms with Crippen LogP contribution in [0.1, 0.15) is 31.7 Å². The first-order chi connectivity index (χ1) is 6.40. The maximum absolute atomic E-state index is 5.87. The van der Waals surface area contributed by atoms with Crippen molar-refractivity contribution in [1.82, 2.24) is 0 Å². The Bertz CT molecular complexity index is 280. The summed E-state index contributed by atoms with van der Waals surface area (Å²) in [5.41, 5.74) is 1.37. The molecule has 0 bridgehead atoms. The Balaban J connectivity index is 2.11. The van der Waals surface area contributed by atoms with Gasteiger partial charge in [-0.05, 0) is 30.9 Å². The zero-order valence-electron chi connectivity index (χ0n) is 8.12. The van der Waals surface area contributed by atoms with E-state index in [2.05, 4.69) is 25.1 Å². The van der Waals surface area contributed by atoms with Gasteiger partial charge in [-0.2, -0.15) is 0 Å². The summed E-state index contributed by atoms with van der Waals surface area (Å²) in [6.07, 6.45) is 5.23. The normalized spacial score (nSPS) is 20.5. The van der Waals surface area contributed by atoms with Crippen molar-refractivity contribution in [2.45, 2.75) is 38.7 Å². The Labute approximate surface area is 79.7 Å². The Morgan fingerprint density at radius 2 is 2.23 bits per heavy atom. The van der Waals surface area contributed by atoms with Crippen LogP contribution in [0, 0.1) is 0 Å². The van der Waals surface area contributed by atoms with Crippen molar-refractivity contribution < 1.29 is 4.74 Å². The first-order valence-corrected chi connectivity index (χ1v) is 5.14. The summed E-state index contributed by atoms with van der Waals surface area (Å²) < 4.78 is 5.87. The first kappa shape index (κ1) is 8.61. The van der Waals surface area contributed by atoms with E-state index in [-0.39, 0.29) is 0 Å². The molecule has 0 aliphatic carbocycles. The third-order valence-corrected chi connectivity index (χ3v) is 2.61. The maximum atomic E-state index is 5.87. The molecule has 1 atom stereocenters. The predicted molar refractivity (Wildman–Crippen MR) is 54.1 cm³/mol. The monoisotopic (exact) mass is 176 g/mol. The molecule has 0 N–H and O–H groups in total. The lowest BCUT2D eigenvalue weighted by molar-refractivity contribution is 0.163. The molecular formula is C12H16O. The summed E-state index contributed by atoms with van der Waals surface area (Å²) in [6, 6.07) is 8.38. The molecule has 0 amide bonds. The maximum Gasteiger partial charge on any atom is 0.122 e. The Hall–Kier alpha value is -0.980. The van der Waals surface area contributed by atoms with Gasteiger partial charge in [0.15, 0.2) is 0 Å².